The molecule has 0 aliphatic rings. The molecule has 0 aliphatic heterocycles. The van der Waals surface area contributed by atoms with Crippen LogP contribution in [0.2, 0.25) is 0 Å². The van der Waals surface area contributed by atoms with Crippen LogP contribution in [-0.2, 0) is 19.1 Å². The van der Waals surface area contributed by atoms with Gasteiger partial charge >= 0.3 is 0 Å². The lowest BCUT2D eigenvalue weighted by atomic mass is 10.2. The summed E-state index contributed by atoms with van der Waals surface area (Å²) in [6, 6.07) is 7.34. The molecular formula is C22H35N3O5. The van der Waals surface area contributed by atoms with E-state index in [1.165, 1.54) is 0 Å². The van der Waals surface area contributed by atoms with Crippen molar-refractivity contribution in [3.63, 3.8) is 0 Å². The van der Waals surface area contributed by atoms with Gasteiger partial charge in [-0.25, -0.2) is 0 Å². The summed E-state index contributed by atoms with van der Waals surface area (Å²) in [5.74, 6) is -0.159. The molecule has 3 N–H and O–H groups in total. The second kappa shape index (κ2) is 16.4. The highest BCUT2D eigenvalue weighted by Crippen LogP contribution is 2.09. The molecule has 8 nitrogen and oxygen atoms in total. The smallest absolute Gasteiger partial charge is 0.251 e. The molecule has 8 heteroatoms. The van der Waals surface area contributed by atoms with Crippen LogP contribution in [0.4, 0.5) is 5.69 Å². The van der Waals surface area contributed by atoms with Crippen molar-refractivity contribution in [2.45, 2.75) is 39.5 Å². The average Bonchev–Trinajstić information content (AvgIpc) is 2.77. The van der Waals surface area contributed by atoms with Gasteiger partial charge in [0.15, 0.2) is 5.78 Å². The molecule has 0 fully saturated rings. The largest absolute Gasteiger partial charge is 0.385 e. The Bertz CT molecular complexity index is 634. The van der Waals surface area contributed by atoms with E-state index in [-0.39, 0.29) is 24.2 Å². The van der Waals surface area contributed by atoms with E-state index in [1.807, 2.05) is 12.1 Å². The summed E-state index contributed by atoms with van der Waals surface area (Å²) in [5, 5.41) is 8.79. The van der Waals surface area contributed by atoms with Crippen LogP contribution in [-0.4, -0.2) is 63.7 Å². The Kier molecular flexibility index (Phi) is 14.0. The van der Waals surface area contributed by atoms with Crippen LogP contribution >= 0.6 is 0 Å². The number of benzene rings is 1. The van der Waals surface area contributed by atoms with Crippen molar-refractivity contribution in [2.24, 2.45) is 0 Å². The first-order valence-electron chi connectivity index (χ1n) is 10.6. The molecule has 0 radical (unpaired) electrons. The van der Waals surface area contributed by atoms with E-state index in [0.29, 0.717) is 57.7 Å². The maximum absolute atomic E-state index is 12.1. The summed E-state index contributed by atoms with van der Waals surface area (Å²) in [4.78, 5) is 34.9. The van der Waals surface area contributed by atoms with Crippen molar-refractivity contribution in [1.29, 1.82) is 0 Å². The molecule has 1 aromatic carbocycles. The number of Topliss-reactive ketones (excluding diaryl/α,β-unsaturated/α-hetero) is 1. The van der Waals surface area contributed by atoms with Crippen LogP contribution in [0.25, 0.3) is 0 Å². The standard InChI is InChI=1S/C22H35N3O5/c1-3-11-23-19-9-7-18(8-10-19)22(28)25-12-5-6-20(26)17-30-16-15-29-14-13-24-21(27)4-2/h7-10,23H,3-6,11-17H2,1-2H3,(H,24,27)(H,25,28). The Morgan fingerprint density at radius 3 is 2.30 bits per heavy atom. The highest BCUT2D eigenvalue weighted by atomic mass is 16.5. The van der Waals surface area contributed by atoms with E-state index in [2.05, 4.69) is 22.9 Å². The molecule has 0 bridgehead atoms. The summed E-state index contributed by atoms with van der Waals surface area (Å²) in [6.07, 6.45) is 2.42. The summed E-state index contributed by atoms with van der Waals surface area (Å²) in [5.41, 5.74) is 1.59. The number of carbonyl (C=O) groups excluding carboxylic acids is 3. The number of nitrogens with one attached hydrogen (secondary N) is 3. The van der Waals surface area contributed by atoms with E-state index in [4.69, 9.17) is 9.47 Å². The molecule has 30 heavy (non-hydrogen) atoms. The van der Waals surface area contributed by atoms with E-state index >= 15 is 0 Å². The molecule has 1 rings (SSSR count). The first kappa shape index (κ1) is 25.6. The van der Waals surface area contributed by atoms with Crippen molar-refractivity contribution in [2.75, 3.05) is 51.4 Å². The molecule has 0 atom stereocenters. The van der Waals surface area contributed by atoms with Crippen molar-refractivity contribution >= 4 is 23.3 Å². The maximum Gasteiger partial charge on any atom is 0.251 e. The maximum atomic E-state index is 12.1. The zero-order chi connectivity index (χ0) is 22.0. The lowest BCUT2D eigenvalue weighted by Gasteiger charge is -2.08. The number of amides is 2. The number of ketones is 1. The Balaban J connectivity index is 2.02. The van der Waals surface area contributed by atoms with Gasteiger partial charge in [-0.05, 0) is 37.1 Å². The van der Waals surface area contributed by atoms with Crippen LogP contribution in [0.15, 0.2) is 24.3 Å². The van der Waals surface area contributed by atoms with Gasteiger partial charge in [0.05, 0.1) is 19.8 Å². The van der Waals surface area contributed by atoms with Gasteiger partial charge in [-0.3, -0.25) is 14.4 Å². The molecule has 168 valence electrons. The monoisotopic (exact) mass is 421 g/mol. The lowest BCUT2D eigenvalue weighted by Crippen LogP contribution is -2.26. The van der Waals surface area contributed by atoms with E-state index < -0.39 is 0 Å². The van der Waals surface area contributed by atoms with Crippen LogP contribution in [0.3, 0.4) is 0 Å². The predicted octanol–water partition coefficient (Wildman–Crippen LogP) is 2.15. The number of anilines is 1. The Morgan fingerprint density at radius 1 is 0.867 bits per heavy atom. The van der Waals surface area contributed by atoms with Gasteiger partial charge in [-0.2, -0.15) is 0 Å². The van der Waals surface area contributed by atoms with Crippen molar-refractivity contribution in [1.82, 2.24) is 10.6 Å². The van der Waals surface area contributed by atoms with Crippen molar-refractivity contribution in [3.8, 4) is 0 Å². The molecular weight excluding hydrogens is 386 g/mol. The fraction of sp³-hybridized carbons (Fsp3) is 0.591. The van der Waals surface area contributed by atoms with Crippen molar-refractivity contribution < 1.29 is 23.9 Å². The fourth-order valence-electron chi connectivity index (χ4n) is 2.46. The second-order valence-corrected chi connectivity index (χ2v) is 6.77. The zero-order valence-corrected chi connectivity index (χ0v) is 18.1. The van der Waals surface area contributed by atoms with Crippen molar-refractivity contribution in [3.05, 3.63) is 29.8 Å². The third-order valence-corrected chi connectivity index (χ3v) is 4.17. The van der Waals surface area contributed by atoms with Crippen LogP contribution in [0.1, 0.15) is 49.9 Å². The number of hydrogen-bond acceptors (Lipinski definition) is 6. The van der Waals surface area contributed by atoms with Gasteiger partial charge in [0.1, 0.15) is 6.61 Å². The molecule has 1 aromatic rings. The Labute approximate surface area is 179 Å². The fourth-order valence-corrected chi connectivity index (χ4v) is 2.46. The molecule has 0 heterocycles. The van der Waals surface area contributed by atoms with Gasteiger partial charge in [0.25, 0.3) is 5.91 Å². The van der Waals surface area contributed by atoms with E-state index in [0.717, 1.165) is 18.7 Å². The SMILES string of the molecule is CCCNc1ccc(C(=O)NCCCC(=O)COCCOCCNC(=O)CC)cc1. The van der Waals surface area contributed by atoms with Gasteiger partial charge in [0, 0.05) is 43.7 Å². The average molecular weight is 422 g/mol. The molecule has 2 amide bonds. The number of hydrogen-bond donors (Lipinski definition) is 3. The minimum Gasteiger partial charge on any atom is -0.385 e. The van der Waals surface area contributed by atoms with Gasteiger partial charge in [0.2, 0.25) is 5.91 Å². The van der Waals surface area contributed by atoms with Gasteiger partial charge in [-0.15, -0.1) is 0 Å². The van der Waals surface area contributed by atoms with Crippen LogP contribution < -0.4 is 16.0 Å². The summed E-state index contributed by atoms with van der Waals surface area (Å²) >= 11 is 0. The molecule has 0 saturated carbocycles. The Morgan fingerprint density at radius 2 is 1.60 bits per heavy atom. The molecule has 0 saturated heterocycles. The molecule has 0 unspecified atom stereocenters. The molecule has 0 aromatic heterocycles. The number of ether oxygens (including phenoxy) is 2. The quantitative estimate of drug-likeness (QED) is 0.333. The highest BCUT2D eigenvalue weighted by Gasteiger charge is 2.06. The summed E-state index contributed by atoms with van der Waals surface area (Å²) in [7, 11) is 0. The molecule has 0 spiro atoms. The predicted molar refractivity (Wildman–Crippen MR) is 117 cm³/mol. The number of carbonyl (C=O) groups is 3. The summed E-state index contributed by atoms with van der Waals surface area (Å²) in [6.45, 7) is 6.85. The lowest BCUT2D eigenvalue weighted by molar-refractivity contribution is -0.124. The normalized spacial score (nSPS) is 10.5. The zero-order valence-electron chi connectivity index (χ0n) is 18.1. The topological polar surface area (TPSA) is 106 Å². The second-order valence-electron chi connectivity index (χ2n) is 6.77. The minimum absolute atomic E-state index is 0.00532. The highest BCUT2D eigenvalue weighted by molar-refractivity contribution is 5.94. The third kappa shape index (κ3) is 12.2. The molecule has 0 aliphatic carbocycles. The third-order valence-electron chi connectivity index (χ3n) is 4.17. The first-order chi connectivity index (χ1) is 14.6. The van der Waals surface area contributed by atoms with Gasteiger partial charge < -0.3 is 25.4 Å². The minimum atomic E-state index is -0.145. The van der Waals surface area contributed by atoms with E-state index in [9.17, 15) is 14.4 Å². The van der Waals surface area contributed by atoms with E-state index in [1.54, 1.807) is 19.1 Å². The van der Waals surface area contributed by atoms with Gasteiger partial charge in [-0.1, -0.05) is 13.8 Å². The van der Waals surface area contributed by atoms with Crippen LogP contribution in [0.5, 0.6) is 0 Å². The summed E-state index contributed by atoms with van der Waals surface area (Å²) < 4.78 is 10.6. The Hall–Kier alpha value is -2.45. The number of rotatable bonds is 17. The van der Waals surface area contributed by atoms with Crippen LogP contribution in [0, 0.1) is 0 Å². The first-order valence-corrected chi connectivity index (χ1v) is 10.6.